The largest absolute Gasteiger partial charge is 0.385 e. The molecule has 0 spiro atoms. The maximum absolute atomic E-state index is 14.8. The molecule has 2 atom stereocenters. The summed E-state index contributed by atoms with van der Waals surface area (Å²) in [6, 6.07) is 19.1. The average molecular weight is 423 g/mol. The van der Waals surface area contributed by atoms with Crippen LogP contribution in [-0.4, -0.2) is 16.4 Å². The van der Waals surface area contributed by atoms with Crippen LogP contribution in [0.4, 0.5) is 0 Å². The normalized spacial score (nSPS) is 15.2. The van der Waals surface area contributed by atoms with Gasteiger partial charge in [0.2, 0.25) is 0 Å². The van der Waals surface area contributed by atoms with Crippen molar-refractivity contribution in [1.29, 1.82) is 0 Å². The number of aliphatic hydroxyl groups is 1. The van der Waals surface area contributed by atoms with Crippen molar-refractivity contribution in [2.75, 3.05) is 0 Å². The SMILES string of the molecule is C=C[C@@](C)(O)[C@@H](C/C=C(\C)CCC=C(C)C)P(=O)(c1ccccc1)c1ccccc1. The van der Waals surface area contributed by atoms with Gasteiger partial charge in [0, 0.05) is 10.6 Å². The molecule has 0 aliphatic heterocycles. The highest BCUT2D eigenvalue weighted by molar-refractivity contribution is 7.79. The predicted octanol–water partition coefficient (Wildman–Crippen LogP) is 6.39. The number of rotatable bonds is 10. The van der Waals surface area contributed by atoms with E-state index in [4.69, 9.17) is 0 Å². The molecule has 0 saturated heterocycles. The third-order valence-electron chi connectivity index (χ3n) is 5.59. The van der Waals surface area contributed by atoms with E-state index in [-0.39, 0.29) is 0 Å². The van der Waals surface area contributed by atoms with Crippen molar-refractivity contribution in [3.63, 3.8) is 0 Å². The van der Waals surface area contributed by atoms with E-state index < -0.39 is 18.4 Å². The lowest BCUT2D eigenvalue weighted by molar-refractivity contribution is 0.107. The van der Waals surface area contributed by atoms with Crippen molar-refractivity contribution in [3.8, 4) is 0 Å². The van der Waals surface area contributed by atoms with Crippen LogP contribution in [-0.2, 0) is 4.57 Å². The van der Waals surface area contributed by atoms with Crippen molar-refractivity contribution in [2.45, 2.75) is 58.2 Å². The summed E-state index contributed by atoms with van der Waals surface area (Å²) < 4.78 is 14.8. The fourth-order valence-electron chi connectivity index (χ4n) is 3.70. The zero-order valence-corrected chi connectivity index (χ0v) is 19.6. The van der Waals surface area contributed by atoms with Crippen molar-refractivity contribution in [2.24, 2.45) is 0 Å². The van der Waals surface area contributed by atoms with E-state index in [2.05, 4.69) is 39.5 Å². The Morgan fingerprint density at radius 1 is 1.00 bits per heavy atom. The van der Waals surface area contributed by atoms with Crippen LogP contribution in [0.5, 0.6) is 0 Å². The smallest absolute Gasteiger partial charge is 0.149 e. The molecule has 3 heteroatoms. The van der Waals surface area contributed by atoms with Crippen LogP contribution in [0, 0.1) is 0 Å². The average Bonchev–Trinajstić information content (AvgIpc) is 2.74. The second-order valence-electron chi connectivity index (χ2n) is 8.38. The van der Waals surface area contributed by atoms with Crippen molar-refractivity contribution >= 4 is 17.8 Å². The van der Waals surface area contributed by atoms with E-state index in [0.29, 0.717) is 6.42 Å². The number of allylic oxidation sites excluding steroid dienone is 4. The van der Waals surface area contributed by atoms with Crippen LogP contribution >= 0.6 is 7.14 Å². The molecule has 0 heterocycles. The molecule has 30 heavy (non-hydrogen) atoms. The van der Waals surface area contributed by atoms with Gasteiger partial charge in [0.05, 0.1) is 11.3 Å². The lowest BCUT2D eigenvalue weighted by atomic mass is 9.98. The molecule has 0 saturated carbocycles. The van der Waals surface area contributed by atoms with Crippen LogP contribution < -0.4 is 10.6 Å². The first-order valence-corrected chi connectivity index (χ1v) is 12.4. The molecule has 2 nitrogen and oxygen atoms in total. The summed E-state index contributed by atoms with van der Waals surface area (Å²) in [5.41, 5.74) is 0.765. The summed E-state index contributed by atoms with van der Waals surface area (Å²) in [6.07, 6.45) is 8.36. The van der Waals surface area contributed by atoms with Crippen LogP contribution in [0.1, 0.15) is 47.0 Å². The van der Waals surface area contributed by atoms with E-state index in [1.54, 1.807) is 6.92 Å². The van der Waals surface area contributed by atoms with Gasteiger partial charge >= 0.3 is 0 Å². The number of hydrogen-bond donors (Lipinski definition) is 1. The topological polar surface area (TPSA) is 37.3 Å². The Balaban J connectivity index is 2.52. The summed E-state index contributed by atoms with van der Waals surface area (Å²) in [5.74, 6) is 0. The van der Waals surface area contributed by atoms with Crippen molar-refractivity contribution in [3.05, 3.63) is 96.6 Å². The van der Waals surface area contributed by atoms with Crippen LogP contribution in [0.2, 0.25) is 0 Å². The van der Waals surface area contributed by atoms with Gasteiger partial charge in [0.25, 0.3) is 0 Å². The fraction of sp³-hybridized carbons (Fsp3) is 0.333. The molecule has 0 fully saturated rings. The number of benzene rings is 2. The first kappa shape index (κ1) is 24.1. The molecular weight excluding hydrogens is 387 g/mol. The summed E-state index contributed by atoms with van der Waals surface area (Å²) in [6.45, 7) is 11.9. The molecule has 0 unspecified atom stereocenters. The Bertz CT molecular complexity index is 876. The van der Waals surface area contributed by atoms with Gasteiger partial charge in [-0.15, -0.1) is 6.58 Å². The van der Waals surface area contributed by atoms with Gasteiger partial charge in [-0.05, 0) is 47.0 Å². The molecule has 2 aromatic rings. The van der Waals surface area contributed by atoms with Gasteiger partial charge in [-0.1, -0.05) is 90.0 Å². The molecule has 0 aromatic heterocycles. The fourth-order valence-corrected chi connectivity index (χ4v) is 7.19. The third kappa shape index (κ3) is 5.94. The van der Waals surface area contributed by atoms with Gasteiger partial charge < -0.3 is 9.67 Å². The van der Waals surface area contributed by atoms with E-state index in [0.717, 1.165) is 23.5 Å². The standard InChI is InChI=1S/C27H35O2P/c1-6-27(5,28)26(21-20-23(4)15-13-14-22(2)3)30(29,24-16-9-7-10-17-24)25-18-11-8-12-19-25/h6-12,14,16-20,26,28H,1,13,15,21H2,2-5H3/b23-20+/t26-,27-/m1/s1. The predicted molar refractivity (Wildman–Crippen MR) is 131 cm³/mol. The molecular formula is C27H35O2P. The molecule has 2 rings (SSSR count). The Kier molecular flexibility index (Phi) is 8.65. The lowest BCUT2D eigenvalue weighted by Gasteiger charge is -2.37. The summed E-state index contributed by atoms with van der Waals surface area (Å²) in [4.78, 5) is 0. The Morgan fingerprint density at radius 3 is 1.93 bits per heavy atom. The molecule has 0 aliphatic carbocycles. The summed E-state index contributed by atoms with van der Waals surface area (Å²) in [5, 5.41) is 12.8. The highest BCUT2D eigenvalue weighted by Gasteiger charge is 2.44. The van der Waals surface area contributed by atoms with Gasteiger partial charge in [-0.3, -0.25) is 0 Å². The maximum Gasteiger partial charge on any atom is 0.149 e. The molecule has 2 aromatic carbocycles. The lowest BCUT2D eigenvalue weighted by Crippen LogP contribution is -2.42. The molecule has 160 valence electrons. The highest BCUT2D eigenvalue weighted by atomic mass is 31.2. The van der Waals surface area contributed by atoms with Gasteiger partial charge in [-0.25, -0.2) is 0 Å². The van der Waals surface area contributed by atoms with Gasteiger partial charge in [0.15, 0.2) is 0 Å². The minimum Gasteiger partial charge on any atom is -0.385 e. The Hall–Kier alpha value is -2.15. The molecule has 0 radical (unpaired) electrons. The quantitative estimate of drug-likeness (QED) is 0.356. The summed E-state index contributed by atoms with van der Waals surface area (Å²) in [7, 11) is -3.15. The molecule has 0 bridgehead atoms. The van der Waals surface area contributed by atoms with Crippen LogP contribution in [0.15, 0.2) is 96.6 Å². The highest BCUT2D eigenvalue weighted by Crippen LogP contribution is 2.54. The molecule has 1 N–H and O–H groups in total. The van der Waals surface area contributed by atoms with E-state index in [1.807, 2.05) is 60.7 Å². The van der Waals surface area contributed by atoms with Gasteiger partial charge in [0.1, 0.15) is 7.14 Å². The number of hydrogen-bond acceptors (Lipinski definition) is 2. The second kappa shape index (κ2) is 10.8. The first-order valence-electron chi connectivity index (χ1n) is 10.6. The Morgan fingerprint density at radius 2 is 1.50 bits per heavy atom. The summed E-state index contributed by atoms with van der Waals surface area (Å²) >= 11 is 0. The van der Waals surface area contributed by atoms with E-state index >= 15 is 0 Å². The van der Waals surface area contributed by atoms with E-state index in [1.165, 1.54) is 17.2 Å². The zero-order chi connectivity index (χ0) is 22.2. The van der Waals surface area contributed by atoms with E-state index in [9.17, 15) is 9.67 Å². The van der Waals surface area contributed by atoms with Crippen molar-refractivity contribution in [1.82, 2.24) is 0 Å². The van der Waals surface area contributed by atoms with Crippen LogP contribution in [0.25, 0.3) is 0 Å². The van der Waals surface area contributed by atoms with Gasteiger partial charge in [-0.2, -0.15) is 0 Å². The minimum absolute atomic E-state index is 0.509. The molecule has 0 amide bonds. The minimum atomic E-state index is -3.15. The zero-order valence-electron chi connectivity index (χ0n) is 18.7. The monoisotopic (exact) mass is 422 g/mol. The third-order valence-corrected chi connectivity index (χ3v) is 9.33. The maximum atomic E-state index is 14.8. The van der Waals surface area contributed by atoms with Crippen molar-refractivity contribution < 1.29 is 9.67 Å². The second-order valence-corrected chi connectivity index (χ2v) is 11.4. The Labute approximate surface area is 182 Å². The molecule has 0 aliphatic rings. The van der Waals surface area contributed by atoms with Crippen LogP contribution in [0.3, 0.4) is 0 Å². The first-order chi connectivity index (χ1) is 14.2.